The standard InChI is InChI=1S/C19H22N4O/c1-13-10-18(24-2)21-11-15(13)17-12-22-19(20)16(23-17)9-8-14-6-4-3-5-7-14/h10-12,14H,3-7H2,1-2H3,(H2,20,22). The van der Waals surface area contributed by atoms with Crippen LogP contribution in [-0.4, -0.2) is 22.1 Å². The first kappa shape index (κ1) is 16.3. The van der Waals surface area contributed by atoms with Crippen LogP contribution in [0.15, 0.2) is 18.5 Å². The van der Waals surface area contributed by atoms with E-state index in [0.29, 0.717) is 23.3 Å². The number of anilines is 1. The quantitative estimate of drug-likeness (QED) is 0.858. The van der Waals surface area contributed by atoms with Crippen LogP contribution in [0.25, 0.3) is 11.3 Å². The Kier molecular flexibility index (Phi) is 4.95. The number of hydrogen-bond acceptors (Lipinski definition) is 5. The van der Waals surface area contributed by atoms with Crippen LogP contribution in [0.4, 0.5) is 5.82 Å². The number of aryl methyl sites for hydroxylation is 1. The molecule has 0 bridgehead atoms. The summed E-state index contributed by atoms with van der Waals surface area (Å²) in [6, 6.07) is 1.88. The van der Waals surface area contributed by atoms with Crippen LogP contribution < -0.4 is 10.5 Å². The first-order valence-electron chi connectivity index (χ1n) is 8.32. The Labute approximate surface area is 142 Å². The molecule has 0 unspecified atom stereocenters. The molecule has 1 fully saturated rings. The van der Waals surface area contributed by atoms with Gasteiger partial charge in [0.2, 0.25) is 5.88 Å². The predicted molar refractivity (Wildman–Crippen MR) is 94.4 cm³/mol. The van der Waals surface area contributed by atoms with E-state index in [1.54, 1.807) is 19.5 Å². The van der Waals surface area contributed by atoms with E-state index in [4.69, 9.17) is 10.5 Å². The zero-order valence-corrected chi connectivity index (χ0v) is 14.2. The van der Waals surface area contributed by atoms with Gasteiger partial charge in [0.1, 0.15) is 0 Å². The molecule has 2 heterocycles. The molecule has 2 aromatic rings. The number of pyridine rings is 1. The fourth-order valence-corrected chi connectivity index (χ4v) is 2.95. The second kappa shape index (κ2) is 7.31. The first-order valence-corrected chi connectivity index (χ1v) is 8.32. The minimum atomic E-state index is 0.376. The molecule has 5 nitrogen and oxygen atoms in total. The van der Waals surface area contributed by atoms with Gasteiger partial charge in [-0.05, 0) is 31.2 Å². The zero-order valence-electron chi connectivity index (χ0n) is 14.2. The third-order valence-corrected chi connectivity index (χ3v) is 4.37. The van der Waals surface area contributed by atoms with Gasteiger partial charge in [0.15, 0.2) is 11.5 Å². The van der Waals surface area contributed by atoms with Gasteiger partial charge in [0.25, 0.3) is 0 Å². The molecule has 0 saturated heterocycles. The first-order chi connectivity index (χ1) is 11.7. The van der Waals surface area contributed by atoms with Crippen LogP contribution in [-0.2, 0) is 0 Å². The van der Waals surface area contributed by atoms with E-state index in [2.05, 4.69) is 26.8 Å². The van der Waals surface area contributed by atoms with Gasteiger partial charge in [-0.15, -0.1) is 0 Å². The van der Waals surface area contributed by atoms with Crippen LogP contribution >= 0.6 is 0 Å². The Morgan fingerprint density at radius 3 is 2.67 bits per heavy atom. The molecule has 0 radical (unpaired) electrons. The monoisotopic (exact) mass is 322 g/mol. The topological polar surface area (TPSA) is 73.9 Å². The van der Waals surface area contributed by atoms with Crippen molar-refractivity contribution >= 4 is 5.82 Å². The highest BCUT2D eigenvalue weighted by Crippen LogP contribution is 2.25. The lowest BCUT2D eigenvalue weighted by Crippen LogP contribution is -2.04. The number of methoxy groups -OCH3 is 1. The van der Waals surface area contributed by atoms with Crippen molar-refractivity contribution in [2.24, 2.45) is 5.92 Å². The fourth-order valence-electron chi connectivity index (χ4n) is 2.95. The van der Waals surface area contributed by atoms with Crippen molar-refractivity contribution in [3.05, 3.63) is 29.7 Å². The lowest BCUT2D eigenvalue weighted by Gasteiger charge is -2.15. The van der Waals surface area contributed by atoms with Gasteiger partial charge in [-0.2, -0.15) is 0 Å². The van der Waals surface area contributed by atoms with E-state index in [1.165, 1.54) is 32.1 Å². The molecule has 1 aliphatic rings. The molecule has 0 amide bonds. The molecule has 2 N–H and O–H groups in total. The van der Waals surface area contributed by atoms with Gasteiger partial charge in [0.05, 0.1) is 19.0 Å². The molecular weight excluding hydrogens is 300 g/mol. The van der Waals surface area contributed by atoms with Gasteiger partial charge in [0, 0.05) is 23.7 Å². The number of nitrogens with zero attached hydrogens (tertiary/aromatic N) is 3. The average molecular weight is 322 g/mol. The maximum absolute atomic E-state index is 5.96. The van der Waals surface area contributed by atoms with Crippen LogP contribution in [0.1, 0.15) is 43.4 Å². The predicted octanol–water partition coefficient (Wildman–Crippen LogP) is 3.37. The van der Waals surface area contributed by atoms with Crippen molar-refractivity contribution in [1.82, 2.24) is 15.0 Å². The molecule has 1 saturated carbocycles. The van der Waals surface area contributed by atoms with Gasteiger partial charge in [-0.3, -0.25) is 0 Å². The van der Waals surface area contributed by atoms with Crippen molar-refractivity contribution in [3.63, 3.8) is 0 Å². The van der Waals surface area contributed by atoms with Gasteiger partial charge >= 0.3 is 0 Å². The average Bonchev–Trinajstić information content (AvgIpc) is 2.62. The van der Waals surface area contributed by atoms with Crippen LogP contribution in [0.3, 0.4) is 0 Å². The van der Waals surface area contributed by atoms with E-state index in [-0.39, 0.29) is 0 Å². The summed E-state index contributed by atoms with van der Waals surface area (Å²) in [6.07, 6.45) is 9.58. The SMILES string of the molecule is COc1cc(C)c(-c2cnc(N)c(C#CC3CCCCC3)n2)cn1. The molecule has 5 heteroatoms. The van der Waals surface area contributed by atoms with E-state index < -0.39 is 0 Å². The van der Waals surface area contributed by atoms with Crippen molar-refractivity contribution in [3.8, 4) is 29.0 Å². The molecule has 1 aliphatic carbocycles. The van der Waals surface area contributed by atoms with E-state index >= 15 is 0 Å². The van der Waals surface area contributed by atoms with Crippen molar-refractivity contribution < 1.29 is 4.74 Å². The smallest absolute Gasteiger partial charge is 0.213 e. The lowest BCUT2D eigenvalue weighted by molar-refractivity contribution is 0.397. The number of nitrogens with two attached hydrogens (primary N) is 1. The summed E-state index contributed by atoms with van der Waals surface area (Å²) in [4.78, 5) is 13.1. The van der Waals surface area contributed by atoms with E-state index in [1.807, 2.05) is 13.0 Å². The Morgan fingerprint density at radius 2 is 1.96 bits per heavy atom. The third-order valence-electron chi connectivity index (χ3n) is 4.37. The largest absolute Gasteiger partial charge is 0.481 e. The second-order valence-corrected chi connectivity index (χ2v) is 6.13. The summed E-state index contributed by atoms with van der Waals surface area (Å²) >= 11 is 0. The van der Waals surface area contributed by atoms with Gasteiger partial charge in [-0.1, -0.05) is 25.2 Å². The minimum absolute atomic E-state index is 0.376. The summed E-state index contributed by atoms with van der Waals surface area (Å²) in [7, 11) is 1.60. The second-order valence-electron chi connectivity index (χ2n) is 6.13. The number of aromatic nitrogens is 3. The molecule has 24 heavy (non-hydrogen) atoms. The Hall–Kier alpha value is -2.61. The molecule has 0 atom stereocenters. The minimum Gasteiger partial charge on any atom is -0.481 e. The normalized spacial score (nSPS) is 14.8. The van der Waals surface area contributed by atoms with E-state index in [0.717, 1.165) is 16.8 Å². The van der Waals surface area contributed by atoms with Crippen LogP contribution in [0.2, 0.25) is 0 Å². The third kappa shape index (κ3) is 3.65. The maximum Gasteiger partial charge on any atom is 0.213 e. The van der Waals surface area contributed by atoms with Gasteiger partial charge < -0.3 is 10.5 Å². The number of rotatable bonds is 2. The van der Waals surface area contributed by atoms with Crippen molar-refractivity contribution in [1.29, 1.82) is 0 Å². The van der Waals surface area contributed by atoms with Crippen molar-refractivity contribution in [2.75, 3.05) is 12.8 Å². The van der Waals surface area contributed by atoms with Crippen LogP contribution in [0.5, 0.6) is 5.88 Å². The molecule has 2 aromatic heterocycles. The molecule has 3 rings (SSSR count). The summed E-state index contributed by atoms with van der Waals surface area (Å²) in [5.74, 6) is 7.87. The number of hydrogen-bond donors (Lipinski definition) is 1. The fraction of sp³-hybridized carbons (Fsp3) is 0.421. The number of nitrogen functional groups attached to an aromatic ring is 1. The Balaban J connectivity index is 1.90. The molecule has 0 spiro atoms. The lowest BCUT2D eigenvalue weighted by atomic mass is 9.90. The Morgan fingerprint density at radius 1 is 1.17 bits per heavy atom. The number of ether oxygens (including phenoxy) is 1. The summed E-state index contributed by atoms with van der Waals surface area (Å²) in [5, 5.41) is 0. The summed E-state index contributed by atoms with van der Waals surface area (Å²) in [6.45, 7) is 1.99. The zero-order chi connectivity index (χ0) is 16.9. The highest BCUT2D eigenvalue weighted by Gasteiger charge is 2.12. The molecule has 124 valence electrons. The highest BCUT2D eigenvalue weighted by atomic mass is 16.5. The summed E-state index contributed by atoms with van der Waals surface area (Å²) in [5.41, 5.74) is 9.16. The Bertz CT molecular complexity index is 786. The van der Waals surface area contributed by atoms with Crippen molar-refractivity contribution in [2.45, 2.75) is 39.0 Å². The van der Waals surface area contributed by atoms with E-state index in [9.17, 15) is 0 Å². The molecular formula is C19H22N4O. The van der Waals surface area contributed by atoms with Crippen LogP contribution in [0, 0.1) is 24.7 Å². The summed E-state index contributed by atoms with van der Waals surface area (Å²) < 4.78 is 5.14. The molecule has 0 aliphatic heterocycles. The maximum atomic E-state index is 5.96. The highest BCUT2D eigenvalue weighted by molar-refractivity contribution is 5.64. The van der Waals surface area contributed by atoms with Gasteiger partial charge in [-0.25, -0.2) is 15.0 Å². The molecule has 0 aromatic carbocycles.